The number of ether oxygens (including phenoxy) is 8. The lowest BCUT2D eigenvalue weighted by atomic mass is 9.41. The Balaban J connectivity index is 0.000000160. The SMILES string of the molecule is CC(C)[C@@H](OC(N)=O)[C@H]1C[C@@H](C)[C@H]2[C@H](O1)[C@H](O)[C@@]1(C)[C@@H]3CC[C@H]4C(C)(C)C(O[C@H]5CCCCO5)CCC45C[C@@]35CC[C@]21C.CC(C)[C@@H](OC(N)=O)[C@H]1C[C@@H](C)[C@H]2[C@H](O1)[C@H](O)[C@@]1(C)[C@@H]3CC[C@H]4C(C)(C)C(O[C@H]5CNCCO5)CCC45C[C@@]35CC[C@]21C. The number of nitrogens with one attached hydrogen (secondary N) is 1. The normalized spacial score (nSPS) is 53.9. The summed E-state index contributed by atoms with van der Waals surface area (Å²) < 4.78 is 50.4. The van der Waals surface area contributed by atoms with Crippen LogP contribution in [0.5, 0.6) is 0 Å². The Bertz CT molecular complexity index is 2390. The van der Waals surface area contributed by atoms with Gasteiger partial charge in [0.05, 0.1) is 55.4 Å². The van der Waals surface area contributed by atoms with Crippen LogP contribution in [-0.4, -0.2) is 122 Å². The van der Waals surface area contributed by atoms with Crippen molar-refractivity contribution in [2.45, 2.75) is 293 Å². The van der Waals surface area contributed by atoms with Crippen LogP contribution in [0.1, 0.15) is 219 Å². The quantitative estimate of drug-likeness (QED) is 0.129. The van der Waals surface area contributed by atoms with Gasteiger partial charge in [-0.05, 0) is 224 Å². The lowest BCUT2D eigenvalue weighted by Crippen LogP contribution is -2.60. The summed E-state index contributed by atoms with van der Waals surface area (Å²) in [5, 5.41) is 28.4. The van der Waals surface area contributed by atoms with Gasteiger partial charge in [0.15, 0.2) is 12.6 Å². The first-order chi connectivity index (χ1) is 40.5. The zero-order chi connectivity index (χ0) is 61.5. The number of carbonyl (C=O) groups excluding carboxylic acids is 2. The maximum Gasteiger partial charge on any atom is 0.404 e. The number of nitrogens with two attached hydrogens (primary N) is 2. The number of hydrogen-bond acceptors (Lipinski definition) is 13. The molecule has 86 heavy (non-hydrogen) atoms. The van der Waals surface area contributed by atoms with E-state index >= 15 is 0 Å². The van der Waals surface area contributed by atoms with E-state index in [4.69, 9.17) is 49.4 Å². The van der Waals surface area contributed by atoms with Crippen molar-refractivity contribution in [3.63, 3.8) is 0 Å². The number of primary amides is 2. The highest BCUT2D eigenvalue weighted by Gasteiger charge is 2.87. The summed E-state index contributed by atoms with van der Waals surface area (Å²) >= 11 is 0. The highest BCUT2D eigenvalue weighted by atomic mass is 16.7. The molecule has 7 N–H and O–H groups in total. The Morgan fingerprint density at radius 1 is 0.535 bits per heavy atom. The summed E-state index contributed by atoms with van der Waals surface area (Å²) in [6, 6.07) is 0. The number of morpholine rings is 1. The zero-order valence-corrected chi connectivity index (χ0v) is 55.6. The van der Waals surface area contributed by atoms with E-state index in [1.165, 1.54) is 70.6 Å². The van der Waals surface area contributed by atoms with Gasteiger partial charge in [-0.25, -0.2) is 9.59 Å². The molecule has 14 rings (SSSR count). The molecule has 4 aliphatic heterocycles. The van der Waals surface area contributed by atoms with Gasteiger partial charge in [-0.15, -0.1) is 0 Å². The fourth-order valence-corrected chi connectivity index (χ4v) is 26.9. The topological polar surface area (TPSA) is 213 Å². The third-order valence-corrected chi connectivity index (χ3v) is 30.7. The van der Waals surface area contributed by atoms with E-state index in [0.717, 1.165) is 77.7 Å². The predicted molar refractivity (Wildman–Crippen MR) is 327 cm³/mol. The first-order valence-electron chi connectivity index (χ1n) is 35.3. The molecule has 14 aliphatic rings. The second-order valence-corrected chi connectivity index (χ2v) is 35.0. The molecule has 0 aromatic rings. The van der Waals surface area contributed by atoms with Gasteiger partial charge in [-0.3, -0.25) is 0 Å². The van der Waals surface area contributed by atoms with E-state index in [1.807, 2.05) is 0 Å². The Labute approximate surface area is 516 Å². The van der Waals surface area contributed by atoms with Crippen molar-refractivity contribution >= 4 is 12.2 Å². The van der Waals surface area contributed by atoms with Gasteiger partial charge in [0.1, 0.15) is 12.2 Å². The summed E-state index contributed by atoms with van der Waals surface area (Å²) in [4.78, 5) is 23.6. The smallest absolute Gasteiger partial charge is 0.404 e. The summed E-state index contributed by atoms with van der Waals surface area (Å²) in [6.07, 6.45) is 18.0. The van der Waals surface area contributed by atoms with Crippen LogP contribution in [0.2, 0.25) is 0 Å². The molecule has 4 heterocycles. The standard InChI is InChI=1S/C36H59NO6.C35H58N2O6/c1-20(2)28(43-31(37)39)22-18-21(3)27-29(41-22)30(38)34(7)24-12-11-23-32(4,5)25(42-26-10-8-9-17-40-26)13-14-35(23)19-36(24,35)16-15-33(27,34)6;1-19(2)27(43-30(36)39)21-16-20(3)26-28(41-21)29(38)33(7)23-9-8-22-31(4,5)24(42-25-17-37-14-15-40-25)10-11-34(22)18-35(23,34)13-12-32(26,33)6/h20-30,38H,8-19H2,1-7H3,(H2,37,39);19-29,37-38H,8-18H2,1-7H3,(H2,36,39)/t21-,22-,23+,24+,25?,26+,27+,28-,29+,30+,33-,34-,35?,36+;20-,21-,22+,23+,24?,25+,26+,27-,28+,29+,32-,33-,34?,35+/m11/s1. The molecule has 0 aromatic carbocycles. The van der Waals surface area contributed by atoms with Crippen molar-refractivity contribution in [1.29, 1.82) is 0 Å². The van der Waals surface area contributed by atoms with Crippen molar-refractivity contribution < 1.29 is 57.7 Å². The van der Waals surface area contributed by atoms with Crippen LogP contribution in [-0.2, 0) is 37.9 Å². The van der Waals surface area contributed by atoms with Gasteiger partial charge in [0.25, 0.3) is 0 Å². The lowest BCUT2D eigenvalue weighted by Gasteiger charge is -2.64. The Hall–Kier alpha value is -1.82. The second kappa shape index (κ2) is 21.4. The first-order valence-corrected chi connectivity index (χ1v) is 35.3. The van der Waals surface area contributed by atoms with Crippen LogP contribution in [0.4, 0.5) is 9.59 Å². The molecule has 488 valence electrons. The molecule has 0 aromatic heterocycles. The Morgan fingerprint density at radius 2 is 0.953 bits per heavy atom. The number of amides is 2. The third-order valence-electron chi connectivity index (χ3n) is 30.7. The van der Waals surface area contributed by atoms with Crippen molar-refractivity contribution in [2.75, 3.05) is 26.3 Å². The average Bonchev–Trinajstić information content (AvgIpc) is 1.47. The summed E-state index contributed by atoms with van der Waals surface area (Å²) in [5.41, 5.74) is 12.1. The van der Waals surface area contributed by atoms with Gasteiger partial charge < -0.3 is 64.9 Å². The van der Waals surface area contributed by atoms with Crippen LogP contribution in [0.25, 0.3) is 0 Å². The van der Waals surface area contributed by atoms with Gasteiger partial charge in [-0.2, -0.15) is 0 Å². The minimum absolute atomic E-state index is 0.00697. The minimum atomic E-state index is -0.750. The van der Waals surface area contributed by atoms with Gasteiger partial charge in [0, 0.05) is 30.5 Å². The number of hydrogen-bond donors (Lipinski definition) is 5. The fourth-order valence-electron chi connectivity index (χ4n) is 26.9. The lowest BCUT2D eigenvalue weighted by molar-refractivity contribution is -0.242. The van der Waals surface area contributed by atoms with E-state index in [1.54, 1.807) is 0 Å². The molecule has 15 heteroatoms. The molecule has 10 saturated carbocycles. The van der Waals surface area contributed by atoms with Crippen molar-refractivity contribution in [3.05, 3.63) is 0 Å². The number of rotatable bonds is 10. The highest BCUT2D eigenvalue weighted by Crippen LogP contribution is 2.91. The molecule has 4 unspecified atom stereocenters. The first kappa shape index (κ1) is 63.0. The van der Waals surface area contributed by atoms with E-state index < -0.39 is 36.6 Å². The summed E-state index contributed by atoms with van der Waals surface area (Å²) in [5.74, 6) is 3.79. The van der Waals surface area contributed by atoms with Crippen LogP contribution in [0.15, 0.2) is 0 Å². The number of carbonyl (C=O) groups is 2. The maximum absolute atomic E-state index is 12.5. The molecule has 4 spiro atoms. The Morgan fingerprint density at radius 3 is 1.35 bits per heavy atom. The number of fused-ring (bicyclic) bond motifs is 8. The molecule has 14 fully saturated rings. The highest BCUT2D eigenvalue weighted by molar-refractivity contribution is 5.65. The molecular formula is C71H117N3O12. The summed E-state index contributed by atoms with van der Waals surface area (Å²) in [7, 11) is 0. The van der Waals surface area contributed by atoms with Crippen molar-refractivity contribution in [2.24, 2.45) is 125 Å². The number of aliphatic hydroxyl groups is 2. The number of aliphatic hydroxyl groups excluding tert-OH is 2. The van der Waals surface area contributed by atoms with Gasteiger partial charge in [0.2, 0.25) is 0 Å². The summed E-state index contributed by atoms with van der Waals surface area (Å²) in [6.45, 7) is 35.9. The molecule has 15 nitrogen and oxygen atoms in total. The average molecular weight is 1200 g/mol. The maximum atomic E-state index is 12.5. The van der Waals surface area contributed by atoms with E-state index in [9.17, 15) is 19.8 Å². The Kier molecular flexibility index (Phi) is 15.6. The van der Waals surface area contributed by atoms with Gasteiger partial charge >= 0.3 is 12.2 Å². The van der Waals surface area contributed by atoms with Crippen LogP contribution < -0.4 is 16.8 Å². The molecular weight excluding hydrogens is 1090 g/mol. The van der Waals surface area contributed by atoms with E-state index in [2.05, 4.69) is 102 Å². The predicted octanol–water partition coefficient (Wildman–Crippen LogP) is 12.1. The minimum Gasteiger partial charge on any atom is -0.443 e. The largest absolute Gasteiger partial charge is 0.443 e. The van der Waals surface area contributed by atoms with Crippen molar-refractivity contribution in [1.82, 2.24) is 5.32 Å². The van der Waals surface area contributed by atoms with E-state index in [-0.39, 0.29) is 93.5 Å². The molecule has 0 radical (unpaired) electrons. The fraction of sp³-hybridized carbons (Fsp3) is 0.972. The van der Waals surface area contributed by atoms with Crippen LogP contribution in [0.3, 0.4) is 0 Å². The van der Waals surface area contributed by atoms with E-state index in [0.29, 0.717) is 69.0 Å². The monoisotopic (exact) mass is 1200 g/mol. The molecule has 10 aliphatic carbocycles. The van der Waals surface area contributed by atoms with Crippen LogP contribution >= 0.6 is 0 Å². The molecule has 0 bridgehead atoms. The second-order valence-electron chi connectivity index (χ2n) is 35.0. The molecule has 4 saturated heterocycles. The van der Waals surface area contributed by atoms with Gasteiger partial charge in [-0.1, -0.05) is 96.9 Å². The molecule has 28 atom stereocenters. The third kappa shape index (κ3) is 8.65. The molecule has 2 amide bonds. The van der Waals surface area contributed by atoms with Crippen molar-refractivity contribution in [3.8, 4) is 0 Å². The van der Waals surface area contributed by atoms with Crippen LogP contribution in [0, 0.1) is 113 Å². The zero-order valence-electron chi connectivity index (χ0n) is 55.6.